The summed E-state index contributed by atoms with van der Waals surface area (Å²) >= 11 is 0. The summed E-state index contributed by atoms with van der Waals surface area (Å²) in [6.07, 6.45) is 7.38. The highest BCUT2D eigenvalue weighted by atomic mass is 16.5. The Morgan fingerprint density at radius 3 is 2.38 bits per heavy atom. The average molecular weight is 185 g/mol. The summed E-state index contributed by atoms with van der Waals surface area (Å²) in [6, 6.07) is 0. The minimum absolute atomic E-state index is 0.0559. The molecule has 0 spiro atoms. The summed E-state index contributed by atoms with van der Waals surface area (Å²) < 4.78 is 4.82. The van der Waals surface area contributed by atoms with E-state index in [0.717, 1.165) is 19.3 Å². The lowest BCUT2D eigenvalue weighted by atomic mass is 10.1. The molecule has 0 bridgehead atoms. The van der Waals surface area contributed by atoms with Crippen molar-refractivity contribution in [1.29, 1.82) is 0 Å². The van der Waals surface area contributed by atoms with Crippen LogP contribution in [0, 0.1) is 6.92 Å². The average Bonchev–Trinajstić information content (AvgIpc) is 2.11. The second-order valence-electron chi connectivity index (χ2n) is 3.18. The summed E-state index contributed by atoms with van der Waals surface area (Å²) in [5, 5.41) is 0. The van der Waals surface area contributed by atoms with E-state index in [1.807, 2.05) is 6.92 Å². The fourth-order valence-corrected chi connectivity index (χ4v) is 1.21. The van der Waals surface area contributed by atoms with Crippen LogP contribution in [0.2, 0.25) is 0 Å². The van der Waals surface area contributed by atoms with Gasteiger partial charge in [0.25, 0.3) is 0 Å². The first-order valence-corrected chi connectivity index (χ1v) is 5.26. The van der Waals surface area contributed by atoms with Crippen LogP contribution in [-0.4, -0.2) is 12.6 Å². The van der Waals surface area contributed by atoms with Gasteiger partial charge in [-0.2, -0.15) is 0 Å². The van der Waals surface area contributed by atoms with Crippen LogP contribution in [-0.2, 0) is 9.53 Å². The molecule has 77 valence electrons. The molecule has 0 atom stereocenters. The number of hydrogen-bond donors (Lipinski definition) is 0. The van der Waals surface area contributed by atoms with E-state index in [0.29, 0.717) is 13.0 Å². The van der Waals surface area contributed by atoms with E-state index in [2.05, 4.69) is 6.92 Å². The molecule has 0 aliphatic heterocycles. The third-order valence-electron chi connectivity index (χ3n) is 1.94. The number of unbranched alkanes of at least 4 members (excludes halogenated alkanes) is 5. The van der Waals surface area contributed by atoms with Gasteiger partial charge < -0.3 is 4.74 Å². The molecule has 0 rings (SSSR count). The summed E-state index contributed by atoms with van der Waals surface area (Å²) in [4.78, 5) is 10.9. The first-order chi connectivity index (χ1) is 6.31. The van der Waals surface area contributed by atoms with Gasteiger partial charge in [-0.25, -0.2) is 0 Å². The van der Waals surface area contributed by atoms with Crippen molar-refractivity contribution in [1.82, 2.24) is 0 Å². The van der Waals surface area contributed by atoms with Crippen LogP contribution in [0.5, 0.6) is 0 Å². The van der Waals surface area contributed by atoms with Crippen LogP contribution in [0.3, 0.4) is 0 Å². The largest absolute Gasteiger partial charge is 0.466 e. The molecular formula is C11H21O2. The Morgan fingerprint density at radius 2 is 1.77 bits per heavy atom. The topological polar surface area (TPSA) is 26.3 Å². The van der Waals surface area contributed by atoms with Gasteiger partial charge in [0.2, 0.25) is 0 Å². The molecule has 1 radical (unpaired) electrons. The van der Waals surface area contributed by atoms with E-state index in [1.165, 1.54) is 19.3 Å². The third-order valence-corrected chi connectivity index (χ3v) is 1.94. The van der Waals surface area contributed by atoms with Gasteiger partial charge in [-0.05, 0) is 13.3 Å². The minimum Gasteiger partial charge on any atom is -0.466 e. The Bertz CT molecular complexity index is 121. The van der Waals surface area contributed by atoms with Gasteiger partial charge in [-0.3, -0.25) is 4.79 Å². The highest BCUT2D eigenvalue weighted by Crippen LogP contribution is 2.07. The Hall–Kier alpha value is -0.530. The first-order valence-electron chi connectivity index (χ1n) is 5.26. The van der Waals surface area contributed by atoms with Gasteiger partial charge in [-0.15, -0.1) is 0 Å². The molecule has 13 heavy (non-hydrogen) atoms. The van der Waals surface area contributed by atoms with Crippen molar-refractivity contribution in [3.8, 4) is 0 Å². The number of carbonyl (C=O) groups is 1. The number of ether oxygens (including phenoxy) is 1. The van der Waals surface area contributed by atoms with Gasteiger partial charge in [0.1, 0.15) is 0 Å². The van der Waals surface area contributed by atoms with Crippen molar-refractivity contribution >= 4 is 5.97 Å². The van der Waals surface area contributed by atoms with Gasteiger partial charge >= 0.3 is 5.97 Å². The second kappa shape index (κ2) is 9.56. The lowest BCUT2D eigenvalue weighted by Gasteiger charge is -2.01. The lowest BCUT2D eigenvalue weighted by Crippen LogP contribution is -2.03. The minimum atomic E-state index is -0.0559. The first kappa shape index (κ1) is 12.5. The Labute approximate surface area is 81.7 Å². The molecule has 0 N–H and O–H groups in total. The zero-order valence-electron chi connectivity index (χ0n) is 8.68. The number of carbonyl (C=O) groups excluding carboxylic acids is 1. The second-order valence-corrected chi connectivity index (χ2v) is 3.18. The van der Waals surface area contributed by atoms with E-state index in [1.54, 1.807) is 0 Å². The predicted molar refractivity (Wildman–Crippen MR) is 54.3 cm³/mol. The summed E-state index contributed by atoms with van der Waals surface area (Å²) in [5.41, 5.74) is 0. The number of esters is 1. The molecule has 0 aromatic carbocycles. The zero-order valence-corrected chi connectivity index (χ0v) is 8.68. The summed E-state index contributed by atoms with van der Waals surface area (Å²) in [6.45, 7) is 6.12. The molecule has 0 aromatic heterocycles. The maximum absolute atomic E-state index is 10.9. The molecule has 0 amide bonds. The molecule has 0 saturated carbocycles. The molecule has 0 saturated heterocycles. The maximum Gasteiger partial charge on any atom is 0.305 e. The standard InChI is InChI=1S/C11H21O2/c1-3-5-6-7-8-9-10-11(12)13-4-2/h1,3-10H2,2H3. The SMILES string of the molecule is [CH2]CCCCCCCC(=O)OCC. The predicted octanol–water partition coefficient (Wildman–Crippen LogP) is 3.11. The van der Waals surface area contributed by atoms with Gasteiger partial charge in [-0.1, -0.05) is 39.0 Å². The maximum atomic E-state index is 10.9. The Balaban J connectivity index is 3.02. The van der Waals surface area contributed by atoms with E-state index in [-0.39, 0.29) is 5.97 Å². The molecule has 2 nitrogen and oxygen atoms in total. The Kier molecular flexibility index (Phi) is 9.17. The van der Waals surface area contributed by atoms with Crippen molar-refractivity contribution in [3.05, 3.63) is 6.92 Å². The smallest absolute Gasteiger partial charge is 0.305 e. The summed E-state index contributed by atoms with van der Waals surface area (Å²) in [5.74, 6) is -0.0559. The Morgan fingerprint density at radius 1 is 1.15 bits per heavy atom. The fraction of sp³-hybridized carbons (Fsp3) is 0.818. The highest BCUT2D eigenvalue weighted by molar-refractivity contribution is 5.69. The van der Waals surface area contributed by atoms with Crippen molar-refractivity contribution in [2.24, 2.45) is 0 Å². The molecule has 0 heterocycles. The molecule has 0 aliphatic rings. The van der Waals surface area contributed by atoms with Gasteiger partial charge in [0.05, 0.1) is 6.61 Å². The van der Waals surface area contributed by atoms with Crippen molar-refractivity contribution < 1.29 is 9.53 Å². The fourth-order valence-electron chi connectivity index (χ4n) is 1.21. The van der Waals surface area contributed by atoms with Crippen LogP contribution in [0.1, 0.15) is 51.9 Å². The summed E-state index contributed by atoms with van der Waals surface area (Å²) in [7, 11) is 0. The van der Waals surface area contributed by atoms with Crippen molar-refractivity contribution in [2.75, 3.05) is 6.61 Å². The van der Waals surface area contributed by atoms with Crippen LogP contribution in [0.15, 0.2) is 0 Å². The van der Waals surface area contributed by atoms with E-state index >= 15 is 0 Å². The number of rotatable bonds is 8. The molecule has 0 fully saturated rings. The monoisotopic (exact) mass is 185 g/mol. The van der Waals surface area contributed by atoms with Gasteiger partial charge in [0.15, 0.2) is 0 Å². The highest BCUT2D eigenvalue weighted by Gasteiger charge is 1.99. The quantitative estimate of drug-likeness (QED) is 0.429. The van der Waals surface area contributed by atoms with Crippen LogP contribution in [0.25, 0.3) is 0 Å². The third kappa shape index (κ3) is 9.38. The zero-order chi connectivity index (χ0) is 9.94. The lowest BCUT2D eigenvalue weighted by molar-refractivity contribution is -0.143. The number of hydrogen-bond acceptors (Lipinski definition) is 2. The van der Waals surface area contributed by atoms with Gasteiger partial charge in [0, 0.05) is 6.42 Å². The molecule has 0 aliphatic carbocycles. The van der Waals surface area contributed by atoms with E-state index in [9.17, 15) is 4.79 Å². The van der Waals surface area contributed by atoms with Crippen LogP contribution in [0.4, 0.5) is 0 Å². The van der Waals surface area contributed by atoms with Crippen molar-refractivity contribution in [2.45, 2.75) is 51.9 Å². The van der Waals surface area contributed by atoms with E-state index in [4.69, 9.17) is 4.74 Å². The molecule has 0 unspecified atom stereocenters. The molecule has 2 heteroatoms. The van der Waals surface area contributed by atoms with E-state index < -0.39 is 0 Å². The van der Waals surface area contributed by atoms with Crippen LogP contribution >= 0.6 is 0 Å². The molecular weight excluding hydrogens is 164 g/mol. The van der Waals surface area contributed by atoms with Crippen molar-refractivity contribution in [3.63, 3.8) is 0 Å². The van der Waals surface area contributed by atoms with Crippen LogP contribution < -0.4 is 0 Å². The molecule has 0 aromatic rings. The normalized spacial score (nSPS) is 10.0.